The maximum absolute atomic E-state index is 13.1. The van der Waals surface area contributed by atoms with Crippen LogP contribution in [-0.2, 0) is 9.47 Å². The molecule has 0 unspecified atom stereocenters. The zero-order valence-corrected chi connectivity index (χ0v) is 19.7. The van der Waals surface area contributed by atoms with E-state index in [9.17, 15) is 14.4 Å². The molecule has 3 N–H and O–H groups in total. The van der Waals surface area contributed by atoms with E-state index in [2.05, 4.69) is 10.3 Å². The molecule has 3 rings (SSSR count). The predicted octanol–water partition coefficient (Wildman–Crippen LogP) is 4.39. The molecular formula is C21H23N3O5S2. The van der Waals surface area contributed by atoms with Gasteiger partial charge in [-0.05, 0) is 51.3 Å². The molecule has 0 bridgehead atoms. The molecule has 31 heavy (non-hydrogen) atoms. The highest BCUT2D eigenvalue weighted by molar-refractivity contribution is 7.21. The molecule has 164 valence electrons. The molecule has 10 heteroatoms. The van der Waals surface area contributed by atoms with Gasteiger partial charge in [0, 0.05) is 11.1 Å². The van der Waals surface area contributed by atoms with Crippen LogP contribution in [0.15, 0.2) is 0 Å². The first-order chi connectivity index (χ1) is 14.6. The predicted molar refractivity (Wildman–Crippen MR) is 123 cm³/mol. The van der Waals surface area contributed by atoms with Gasteiger partial charge in [-0.2, -0.15) is 0 Å². The van der Waals surface area contributed by atoms with Crippen molar-refractivity contribution >= 4 is 61.4 Å². The zero-order chi connectivity index (χ0) is 23.0. The molecule has 0 aliphatic heterocycles. The third kappa shape index (κ3) is 3.88. The number of thiophene rings is 2. The number of ether oxygens (including phenoxy) is 2. The van der Waals surface area contributed by atoms with Gasteiger partial charge in [-0.1, -0.05) is 0 Å². The van der Waals surface area contributed by atoms with Crippen molar-refractivity contribution in [2.75, 3.05) is 24.8 Å². The summed E-state index contributed by atoms with van der Waals surface area (Å²) < 4.78 is 9.90. The number of anilines is 2. The molecule has 0 saturated heterocycles. The average Bonchev–Trinajstić information content (AvgIpc) is 3.22. The van der Waals surface area contributed by atoms with Crippen LogP contribution in [0.1, 0.15) is 59.0 Å². The molecule has 0 saturated carbocycles. The van der Waals surface area contributed by atoms with E-state index in [0.29, 0.717) is 16.1 Å². The Labute approximate surface area is 187 Å². The molecule has 8 nitrogen and oxygen atoms in total. The normalized spacial score (nSPS) is 10.9. The highest BCUT2D eigenvalue weighted by Gasteiger charge is 2.28. The van der Waals surface area contributed by atoms with E-state index in [-0.39, 0.29) is 26.9 Å². The van der Waals surface area contributed by atoms with Gasteiger partial charge in [0.15, 0.2) is 0 Å². The minimum absolute atomic E-state index is 0.115. The Kier molecular flexibility index (Phi) is 6.33. The van der Waals surface area contributed by atoms with Crippen LogP contribution in [0.5, 0.6) is 0 Å². The Hall–Kier alpha value is -2.98. The fourth-order valence-electron chi connectivity index (χ4n) is 3.24. The third-order valence-electron chi connectivity index (χ3n) is 5.11. The first kappa shape index (κ1) is 22.7. The number of pyridine rings is 1. The van der Waals surface area contributed by atoms with Crippen molar-refractivity contribution in [3.8, 4) is 0 Å². The summed E-state index contributed by atoms with van der Waals surface area (Å²) in [5.41, 5.74) is 10.0. The molecule has 0 spiro atoms. The number of carbonyl (C=O) groups excluding carboxylic acids is 3. The summed E-state index contributed by atoms with van der Waals surface area (Å²) in [4.78, 5) is 43.4. The van der Waals surface area contributed by atoms with Crippen LogP contribution in [0.4, 0.5) is 10.7 Å². The van der Waals surface area contributed by atoms with Crippen LogP contribution < -0.4 is 11.1 Å². The van der Waals surface area contributed by atoms with E-state index >= 15 is 0 Å². The fraction of sp³-hybridized carbons (Fsp3) is 0.333. The molecule has 0 aliphatic rings. The molecule has 1 amide bonds. The molecular weight excluding hydrogens is 438 g/mol. The van der Waals surface area contributed by atoms with E-state index in [1.165, 1.54) is 18.4 Å². The van der Waals surface area contributed by atoms with Gasteiger partial charge < -0.3 is 20.5 Å². The van der Waals surface area contributed by atoms with Crippen LogP contribution in [0, 0.1) is 27.7 Å². The van der Waals surface area contributed by atoms with Crippen LogP contribution >= 0.6 is 22.7 Å². The Morgan fingerprint density at radius 3 is 2.29 bits per heavy atom. The second kappa shape index (κ2) is 8.64. The van der Waals surface area contributed by atoms with E-state index in [1.807, 2.05) is 20.8 Å². The van der Waals surface area contributed by atoms with Crippen LogP contribution in [0.2, 0.25) is 0 Å². The third-order valence-corrected chi connectivity index (χ3v) is 7.39. The van der Waals surface area contributed by atoms with Gasteiger partial charge in [0.1, 0.15) is 19.6 Å². The first-order valence-corrected chi connectivity index (χ1v) is 11.1. The number of nitrogen functional groups attached to an aromatic ring is 1. The number of esters is 2. The van der Waals surface area contributed by atoms with Gasteiger partial charge >= 0.3 is 11.9 Å². The molecule has 0 aromatic carbocycles. The summed E-state index contributed by atoms with van der Waals surface area (Å²) in [5.74, 6) is -1.72. The lowest BCUT2D eigenvalue weighted by Crippen LogP contribution is -2.14. The molecule has 3 heterocycles. The Bertz CT molecular complexity index is 1230. The topological polar surface area (TPSA) is 121 Å². The number of rotatable bonds is 5. The SMILES string of the molecule is CCOC(=O)c1sc(NC(=O)c2sc3nc(C)c(C)c(C)c3c2N)c(C(=O)OC)c1C. The second-order valence-electron chi connectivity index (χ2n) is 6.90. The number of hydrogen-bond acceptors (Lipinski definition) is 9. The number of aryl methyl sites for hydroxylation is 2. The second-order valence-corrected chi connectivity index (χ2v) is 8.92. The lowest BCUT2D eigenvalue weighted by molar-refractivity contribution is 0.0531. The van der Waals surface area contributed by atoms with E-state index in [1.54, 1.807) is 13.8 Å². The minimum Gasteiger partial charge on any atom is -0.465 e. The Balaban J connectivity index is 2.07. The smallest absolute Gasteiger partial charge is 0.348 e. The monoisotopic (exact) mass is 461 g/mol. The van der Waals surface area contributed by atoms with Crippen LogP contribution in [0.3, 0.4) is 0 Å². The lowest BCUT2D eigenvalue weighted by Gasteiger charge is -2.06. The number of hydrogen-bond donors (Lipinski definition) is 2. The van der Waals surface area contributed by atoms with E-state index in [4.69, 9.17) is 15.2 Å². The largest absolute Gasteiger partial charge is 0.465 e. The minimum atomic E-state index is -0.660. The average molecular weight is 462 g/mol. The standard InChI is InChI=1S/C21H23N3O5S2/c1-7-29-21(27)15-10(4)13(20(26)28-6)19(30-15)24-17(25)16-14(22)12-9(3)8(2)11(5)23-18(12)31-16/h7,22H2,1-6H3,(H,24,25). The summed E-state index contributed by atoms with van der Waals surface area (Å²) >= 11 is 2.14. The highest BCUT2D eigenvalue weighted by Crippen LogP contribution is 2.39. The number of methoxy groups -OCH3 is 1. The molecule has 0 radical (unpaired) electrons. The maximum Gasteiger partial charge on any atom is 0.348 e. The van der Waals surface area contributed by atoms with Gasteiger partial charge in [0.2, 0.25) is 0 Å². The van der Waals surface area contributed by atoms with Crippen molar-refractivity contribution in [3.05, 3.63) is 37.7 Å². The lowest BCUT2D eigenvalue weighted by atomic mass is 10.1. The van der Waals surface area contributed by atoms with Gasteiger partial charge in [0.25, 0.3) is 5.91 Å². The fourth-order valence-corrected chi connectivity index (χ4v) is 5.42. The highest BCUT2D eigenvalue weighted by atomic mass is 32.1. The van der Waals surface area contributed by atoms with Crippen molar-refractivity contribution in [2.24, 2.45) is 0 Å². The van der Waals surface area contributed by atoms with Crippen molar-refractivity contribution in [1.29, 1.82) is 0 Å². The van der Waals surface area contributed by atoms with Crippen LogP contribution in [-0.4, -0.2) is 36.5 Å². The van der Waals surface area contributed by atoms with E-state index < -0.39 is 17.8 Å². The molecule has 0 aliphatic carbocycles. The van der Waals surface area contributed by atoms with Crippen molar-refractivity contribution in [1.82, 2.24) is 4.98 Å². The summed E-state index contributed by atoms with van der Waals surface area (Å²) in [7, 11) is 1.23. The summed E-state index contributed by atoms with van der Waals surface area (Å²) in [6.45, 7) is 9.30. The first-order valence-electron chi connectivity index (χ1n) is 9.48. The number of nitrogens with zero attached hydrogens (tertiary/aromatic N) is 1. The zero-order valence-electron chi connectivity index (χ0n) is 18.1. The number of carbonyl (C=O) groups is 3. The summed E-state index contributed by atoms with van der Waals surface area (Å²) in [5, 5.41) is 3.68. The Morgan fingerprint density at radius 2 is 1.68 bits per heavy atom. The number of aromatic nitrogens is 1. The van der Waals surface area contributed by atoms with Crippen molar-refractivity contribution in [3.63, 3.8) is 0 Å². The number of amides is 1. The van der Waals surface area contributed by atoms with Gasteiger partial charge in [0.05, 0.1) is 25.0 Å². The molecule has 3 aromatic rings. The van der Waals surface area contributed by atoms with Crippen molar-refractivity contribution < 1.29 is 23.9 Å². The molecule has 0 fully saturated rings. The maximum atomic E-state index is 13.1. The van der Waals surface area contributed by atoms with Gasteiger partial charge in [-0.3, -0.25) is 4.79 Å². The molecule has 0 atom stereocenters. The number of nitrogens with two attached hydrogens (primary N) is 1. The number of nitrogens with one attached hydrogen (secondary N) is 1. The van der Waals surface area contributed by atoms with E-state index in [0.717, 1.165) is 33.5 Å². The van der Waals surface area contributed by atoms with Crippen molar-refractivity contribution in [2.45, 2.75) is 34.6 Å². The molecule has 3 aromatic heterocycles. The van der Waals surface area contributed by atoms with Gasteiger partial charge in [-0.15, -0.1) is 22.7 Å². The van der Waals surface area contributed by atoms with Crippen LogP contribution in [0.25, 0.3) is 10.2 Å². The summed E-state index contributed by atoms with van der Waals surface area (Å²) in [6.07, 6.45) is 0. The Morgan fingerprint density at radius 1 is 1.00 bits per heavy atom. The number of fused-ring (bicyclic) bond motifs is 1. The quantitative estimate of drug-likeness (QED) is 0.541. The summed E-state index contributed by atoms with van der Waals surface area (Å²) in [6, 6.07) is 0. The van der Waals surface area contributed by atoms with Gasteiger partial charge in [-0.25, -0.2) is 14.6 Å².